The molecule has 20 heavy (non-hydrogen) atoms. The zero-order chi connectivity index (χ0) is 14.8. The van der Waals surface area contributed by atoms with Gasteiger partial charge in [0, 0.05) is 32.9 Å². The standard InChI is InChI=1S/C15H25NO4/c1-12-5-4-6-13(9-16-7-8-18-2)15(12)20-11-14(17)10-19-3/h4-6,14,16-17H,7-11H2,1-3H3. The number of benzene rings is 1. The number of para-hydroxylation sites is 1. The summed E-state index contributed by atoms with van der Waals surface area (Å²) in [4.78, 5) is 0. The van der Waals surface area contributed by atoms with Gasteiger partial charge in [0.2, 0.25) is 0 Å². The van der Waals surface area contributed by atoms with Crippen molar-refractivity contribution >= 4 is 0 Å². The molecule has 0 aliphatic heterocycles. The molecule has 1 rings (SSSR count). The zero-order valence-corrected chi connectivity index (χ0v) is 12.5. The lowest BCUT2D eigenvalue weighted by atomic mass is 10.1. The molecule has 1 atom stereocenters. The number of rotatable bonds is 10. The van der Waals surface area contributed by atoms with E-state index in [9.17, 15) is 5.11 Å². The third-order valence-corrected chi connectivity index (χ3v) is 2.87. The molecular weight excluding hydrogens is 258 g/mol. The van der Waals surface area contributed by atoms with Crippen LogP contribution < -0.4 is 10.1 Å². The monoisotopic (exact) mass is 283 g/mol. The highest BCUT2D eigenvalue weighted by atomic mass is 16.5. The fourth-order valence-electron chi connectivity index (χ4n) is 1.88. The van der Waals surface area contributed by atoms with Crippen LogP contribution in [0.3, 0.4) is 0 Å². The first kappa shape index (κ1) is 16.9. The van der Waals surface area contributed by atoms with Gasteiger partial charge in [-0.15, -0.1) is 0 Å². The first-order chi connectivity index (χ1) is 9.69. The van der Waals surface area contributed by atoms with E-state index in [1.165, 1.54) is 0 Å². The predicted octanol–water partition coefficient (Wildman–Crippen LogP) is 1.12. The molecule has 1 aromatic rings. The molecule has 0 amide bonds. The van der Waals surface area contributed by atoms with Gasteiger partial charge in [0.15, 0.2) is 0 Å². The molecule has 0 spiro atoms. The van der Waals surface area contributed by atoms with E-state index < -0.39 is 6.10 Å². The van der Waals surface area contributed by atoms with E-state index in [1.807, 2.05) is 25.1 Å². The summed E-state index contributed by atoms with van der Waals surface area (Å²) in [5.74, 6) is 0.826. The quantitative estimate of drug-likeness (QED) is 0.630. The Kier molecular flexibility index (Phi) is 8.22. The average molecular weight is 283 g/mol. The number of aliphatic hydroxyl groups excluding tert-OH is 1. The summed E-state index contributed by atoms with van der Waals surface area (Å²) < 4.78 is 15.6. The second-order valence-electron chi connectivity index (χ2n) is 4.65. The van der Waals surface area contributed by atoms with Gasteiger partial charge in [0.1, 0.15) is 18.5 Å². The van der Waals surface area contributed by atoms with Gasteiger partial charge < -0.3 is 24.6 Å². The molecule has 0 aromatic heterocycles. The molecule has 0 radical (unpaired) electrons. The van der Waals surface area contributed by atoms with E-state index in [2.05, 4.69) is 5.32 Å². The molecule has 1 unspecified atom stereocenters. The Hall–Kier alpha value is -1.14. The number of hydrogen-bond acceptors (Lipinski definition) is 5. The molecule has 5 heteroatoms. The van der Waals surface area contributed by atoms with E-state index >= 15 is 0 Å². The van der Waals surface area contributed by atoms with Crippen LogP contribution in [0.4, 0.5) is 0 Å². The van der Waals surface area contributed by atoms with E-state index in [-0.39, 0.29) is 13.2 Å². The van der Waals surface area contributed by atoms with Crippen molar-refractivity contribution in [3.8, 4) is 5.75 Å². The lowest BCUT2D eigenvalue weighted by Gasteiger charge is -2.17. The van der Waals surface area contributed by atoms with Gasteiger partial charge in [0.25, 0.3) is 0 Å². The Morgan fingerprint density at radius 1 is 1.20 bits per heavy atom. The smallest absolute Gasteiger partial charge is 0.126 e. The van der Waals surface area contributed by atoms with Crippen molar-refractivity contribution in [2.24, 2.45) is 0 Å². The fraction of sp³-hybridized carbons (Fsp3) is 0.600. The Bertz CT molecular complexity index is 384. The number of nitrogens with one attached hydrogen (secondary N) is 1. The number of hydrogen-bond donors (Lipinski definition) is 2. The van der Waals surface area contributed by atoms with E-state index in [1.54, 1.807) is 14.2 Å². The summed E-state index contributed by atoms with van der Waals surface area (Å²) in [7, 11) is 3.24. The molecule has 5 nitrogen and oxygen atoms in total. The van der Waals surface area contributed by atoms with E-state index in [0.29, 0.717) is 13.2 Å². The SMILES string of the molecule is COCCNCc1cccc(C)c1OCC(O)COC. The first-order valence-corrected chi connectivity index (χ1v) is 6.77. The van der Waals surface area contributed by atoms with E-state index in [0.717, 1.165) is 23.4 Å². The fourth-order valence-corrected chi connectivity index (χ4v) is 1.88. The molecule has 0 fully saturated rings. The van der Waals surface area contributed by atoms with Crippen LogP contribution in [-0.2, 0) is 16.0 Å². The van der Waals surface area contributed by atoms with Crippen LogP contribution in [0, 0.1) is 6.92 Å². The molecule has 0 aliphatic rings. The zero-order valence-electron chi connectivity index (χ0n) is 12.5. The van der Waals surface area contributed by atoms with Gasteiger partial charge in [-0.25, -0.2) is 0 Å². The Labute approximate surface area is 120 Å². The Morgan fingerprint density at radius 2 is 2.00 bits per heavy atom. The van der Waals surface area contributed by atoms with Gasteiger partial charge in [-0.1, -0.05) is 18.2 Å². The third-order valence-electron chi connectivity index (χ3n) is 2.87. The maximum Gasteiger partial charge on any atom is 0.126 e. The largest absolute Gasteiger partial charge is 0.490 e. The highest BCUT2D eigenvalue weighted by molar-refractivity contribution is 5.40. The lowest BCUT2D eigenvalue weighted by molar-refractivity contribution is 0.0321. The minimum Gasteiger partial charge on any atom is -0.490 e. The van der Waals surface area contributed by atoms with Crippen molar-refractivity contribution in [1.82, 2.24) is 5.32 Å². The molecule has 0 bridgehead atoms. The lowest BCUT2D eigenvalue weighted by Crippen LogP contribution is -2.24. The number of ether oxygens (including phenoxy) is 3. The molecule has 0 saturated heterocycles. The predicted molar refractivity (Wildman–Crippen MR) is 78.1 cm³/mol. The molecule has 0 saturated carbocycles. The minimum atomic E-state index is -0.617. The summed E-state index contributed by atoms with van der Waals surface area (Å²) in [5, 5.41) is 12.9. The van der Waals surface area contributed by atoms with Crippen molar-refractivity contribution in [2.75, 3.05) is 40.6 Å². The first-order valence-electron chi connectivity index (χ1n) is 6.77. The van der Waals surface area contributed by atoms with Crippen molar-refractivity contribution in [2.45, 2.75) is 19.6 Å². The van der Waals surface area contributed by atoms with Crippen LogP contribution in [0.5, 0.6) is 5.75 Å². The van der Waals surface area contributed by atoms with Crippen LogP contribution in [-0.4, -0.2) is 51.8 Å². The maximum absolute atomic E-state index is 9.66. The van der Waals surface area contributed by atoms with Gasteiger partial charge >= 0.3 is 0 Å². The maximum atomic E-state index is 9.66. The molecule has 1 aromatic carbocycles. The van der Waals surface area contributed by atoms with Crippen LogP contribution in [0.1, 0.15) is 11.1 Å². The normalized spacial score (nSPS) is 12.4. The highest BCUT2D eigenvalue weighted by Crippen LogP contribution is 2.23. The van der Waals surface area contributed by atoms with Crippen LogP contribution in [0.25, 0.3) is 0 Å². The molecule has 2 N–H and O–H groups in total. The molecule has 114 valence electrons. The summed E-state index contributed by atoms with van der Waals surface area (Å²) in [6.45, 7) is 4.67. The second kappa shape index (κ2) is 9.72. The van der Waals surface area contributed by atoms with Crippen molar-refractivity contribution in [3.63, 3.8) is 0 Å². The summed E-state index contributed by atoms with van der Waals surface area (Å²) in [5.41, 5.74) is 2.13. The van der Waals surface area contributed by atoms with Crippen molar-refractivity contribution < 1.29 is 19.3 Å². The van der Waals surface area contributed by atoms with Gasteiger partial charge in [0.05, 0.1) is 13.2 Å². The van der Waals surface area contributed by atoms with Crippen LogP contribution >= 0.6 is 0 Å². The second-order valence-corrected chi connectivity index (χ2v) is 4.65. The summed E-state index contributed by atoms with van der Waals surface area (Å²) in [6, 6.07) is 6.02. The molecular formula is C15H25NO4. The van der Waals surface area contributed by atoms with Gasteiger partial charge in [-0.05, 0) is 12.5 Å². The Balaban J connectivity index is 2.58. The van der Waals surface area contributed by atoms with E-state index in [4.69, 9.17) is 14.2 Å². The van der Waals surface area contributed by atoms with Gasteiger partial charge in [-0.3, -0.25) is 0 Å². The topological polar surface area (TPSA) is 60.0 Å². The highest BCUT2D eigenvalue weighted by Gasteiger charge is 2.10. The van der Waals surface area contributed by atoms with Gasteiger partial charge in [-0.2, -0.15) is 0 Å². The average Bonchev–Trinajstić information content (AvgIpc) is 2.43. The molecule has 0 heterocycles. The summed E-state index contributed by atoms with van der Waals surface area (Å²) in [6.07, 6.45) is -0.617. The Morgan fingerprint density at radius 3 is 2.70 bits per heavy atom. The van der Waals surface area contributed by atoms with Crippen LogP contribution in [0.2, 0.25) is 0 Å². The number of aliphatic hydroxyl groups is 1. The molecule has 0 aliphatic carbocycles. The minimum absolute atomic E-state index is 0.226. The third kappa shape index (κ3) is 5.88. The van der Waals surface area contributed by atoms with Crippen molar-refractivity contribution in [1.29, 1.82) is 0 Å². The van der Waals surface area contributed by atoms with Crippen molar-refractivity contribution in [3.05, 3.63) is 29.3 Å². The number of aryl methyl sites for hydroxylation is 1. The summed E-state index contributed by atoms with van der Waals surface area (Å²) >= 11 is 0. The number of methoxy groups -OCH3 is 2. The van der Waals surface area contributed by atoms with Crippen LogP contribution in [0.15, 0.2) is 18.2 Å².